The van der Waals surface area contributed by atoms with Crippen LogP contribution in [0.5, 0.6) is 5.75 Å². The molecule has 4 nitrogen and oxygen atoms in total. The SMILES string of the molecule is Cc1ccc(C(C)C)c(OCCC(N)C(N)=O)c1. The zero-order valence-electron chi connectivity index (χ0n) is 11.3. The molecule has 1 atom stereocenters. The number of rotatable bonds is 6. The van der Waals surface area contributed by atoms with Gasteiger partial charge in [0.05, 0.1) is 12.6 Å². The molecule has 0 spiro atoms. The second-order valence-electron chi connectivity index (χ2n) is 4.84. The number of ether oxygens (including phenoxy) is 1. The van der Waals surface area contributed by atoms with Gasteiger partial charge in [0.2, 0.25) is 5.91 Å². The van der Waals surface area contributed by atoms with Gasteiger partial charge in [-0.25, -0.2) is 0 Å². The smallest absolute Gasteiger partial charge is 0.234 e. The summed E-state index contributed by atoms with van der Waals surface area (Å²) in [4.78, 5) is 10.8. The fraction of sp³-hybridized carbons (Fsp3) is 0.500. The Balaban J connectivity index is 2.66. The molecule has 100 valence electrons. The molecule has 0 aliphatic heterocycles. The lowest BCUT2D eigenvalue weighted by molar-refractivity contribution is -0.119. The van der Waals surface area contributed by atoms with E-state index in [0.29, 0.717) is 18.9 Å². The zero-order chi connectivity index (χ0) is 13.7. The van der Waals surface area contributed by atoms with E-state index in [-0.39, 0.29) is 0 Å². The van der Waals surface area contributed by atoms with Gasteiger partial charge in [0, 0.05) is 6.42 Å². The first-order valence-electron chi connectivity index (χ1n) is 6.20. The quantitative estimate of drug-likeness (QED) is 0.806. The molecule has 0 saturated heterocycles. The minimum Gasteiger partial charge on any atom is -0.493 e. The Morgan fingerprint density at radius 2 is 2.06 bits per heavy atom. The van der Waals surface area contributed by atoms with Crippen LogP contribution in [0.25, 0.3) is 0 Å². The summed E-state index contributed by atoms with van der Waals surface area (Å²) in [5, 5.41) is 0. The van der Waals surface area contributed by atoms with E-state index >= 15 is 0 Å². The van der Waals surface area contributed by atoms with Crippen LogP contribution in [0.4, 0.5) is 0 Å². The van der Waals surface area contributed by atoms with Gasteiger partial charge in [-0.3, -0.25) is 4.79 Å². The second kappa shape index (κ2) is 6.40. The largest absolute Gasteiger partial charge is 0.493 e. The summed E-state index contributed by atoms with van der Waals surface area (Å²) in [6.07, 6.45) is 0.431. The lowest BCUT2D eigenvalue weighted by atomic mass is 10.0. The van der Waals surface area contributed by atoms with Crippen molar-refractivity contribution < 1.29 is 9.53 Å². The molecule has 0 radical (unpaired) electrons. The summed E-state index contributed by atoms with van der Waals surface area (Å²) in [6.45, 7) is 6.65. The first-order valence-corrected chi connectivity index (χ1v) is 6.20. The normalized spacial score (nSPS) is 12.5. The van der Waals surface area contributed by atoms with Crippen LogP contribution in [0.1, 0.15) is 37.3 Å². The number of amides is 1. The Hall–Kier alpha value is -1.55. The van der Waals surface area contributed by atoms with Crippen molar-refractivity contribution in [2.24, 2.45) is 11.5 Å². The van der Waals surface area contributed by atoms with Crippen molar-refractivity contribution in [1.29, 1.82) is 0 Å². The predicted molar refractivity (Wildman–Crippen MR) is 72.5 cm³/mol. The van der Waals surface area contributed by atoms with Gasteiger partial charge in [0.1, 0.15) is 5.75 Å². The van der Waals surface area contributed by atoms with Crippen molar-refractivity contribution in [3.8, 4) is 5.75 Å². The maximum Gasteiger partial charge on any atom is 0.234 e. The lowest BCUT2D eigenvalue weighted by Crippen LogP contribution is -2.37. The van der Waals surface area contributed by atoms with Gasteiger partial charge in [-0.15, -0.1) is 0 Å². The zero-order valence-corrected chi connectivity index (χ0v) is 11.3. The third kappa shape index (κ3) is 4.04. The monoisotopic (exact) mass is 250 g/mol. The standard InChI is InChI=1S/C14H22N2O2/c1-9(2)11-5-4-10(3)8-13(11)18-7-6-12(15)14(16)17/h4-5,8-9,12H,6-7,15H2,1-3H3,(H2,16,17). The molecule has 4 N–H and O–H groups in total. The van der Waals surface area contributed by atoms with Gasteiger partial charge in [0.25, 0.3) is 0 Å². The molecule has 0 fully saturated rings. The number of carbonyl (C=O) groups excluding carboxylic acids is 1. The second-order valence-corrected chi connectivity index (χ2v) is 4.84. The summed E-state index contributed by atoms with van der Waals surface area (Å²) in [5.74, 6) is 0.763. The van der Waals surface area contributed by atoms with Crippen molar-refractivity contribution in [2.75, 3.05) is 6.61 Å². The third-order valence-electron chi connectivity index (χ3n) is 2.84. The van der Waals surface area contributed by atoms with E-state index in [4.69, 9.17) is 16.2 Å². The van der Waals surface area contributed by atoms with Gasteiger partial charge >= 0.3 is 0 Å². The van der Waals surface area contributed by atoms with Crippen molar-refractivity contribution in [2.45, 2.75) is 39.2 Å². The lowest BCUT2D eigenvalue weighted by Gasteiger charge is -2.15. The highest BCUT2D eigenvalue weighted by Gasteiger charge is 2.11. The average Bonchev–Trinajstić information content (AvgIpc) is 2.28. The van der Waals surface area contributed by atoms with E-state index < -0.39 is 11.9 Å². The number of carbonyl (C=O) groups is 1. The van der Waals surface area contributed by atoms with Crippen LogP contribution in [0.15, 0.2) is 18.2 Å². The molecule has 1 aromatic rings. The van der Waals surface area contributed by atoms with Crippen molar-refractivity contribution in [1.82, 2.24) is 0 Å². The Morgan fingerprint density at radius 1 is 1.39 bits per heavy atom. The first-order chi connectivity index (χ1) is 8.41. The van der Waals surface area contributed by atoms with Crippen LogP contribution >= 0.6 is 0 Å². The summed E-state index contributed by atoms with van der Waals surface area (Å²) in [5.41, 5.74) is 13.0. The molecule has 0 heterocycles. The van der Waals surface area contributed by atoms with E-state index in [1.54, 1.807) is 0 Å². The summed E-state index contributed by atoms with van der Waals surface area (Å²) in [7, 11) is 0. The Labute approximate surface area is 108 Å². The summed E-state index contributed by atoms with van der Waals surface area (Å²) < 4.78 is 5.71. The van der Waals surface area contributed by atoms with E-state index in [2.05, 4.69) is 26.0 Å². The van der Waals surface area contributed by atoms with Gasteiger partial charge in [0.15, 0.2) is 0 Å². The molecule has 1 amide bonds. The number of hydrogen-bond acceptors (Lipinski definition) is 3. The highest BCUT2D eigenvalue weighted by atomic mass is 16.5. The molecular formula is C14H22N2O2. The first kappa shape index (κ1) is 14.5. The molecule has 0 aliphatic rings. The Kier molecular flexibility index (Phi) is 5.16. The highest BCUT2D eigenvalue weighted by molar-refractivity contribution is 5.79. The van der Waals surface area contributed by atoms with Crippen LogP contribution in [-0.2, 0) is 4.79 Å². The fourth-order valence-corrected chi connectivity index (χ4v) is 1.68. The maximum absolute atomic E-state index is 10.8. The Morgan fingerprint density at radius 3 is 2.61 bits per heavy atom. The predicted octanol–water partition coefficient (Wildman–Crippen LogP) is 1.70. The molecule has 1 unspecified atom stereocenters. The molecule has 0 aliphatic carbocycles. The molecule has 1 aromatic carbocycles. The van der Waals surface area contributed by atoms with E-state index in [1.165, 1.54) is 0 Å². The van der Waals surface area contributed by atoms with E-state index in [9.17, 15) is 4.79 Å². The molecule has 0 bridgehead atoms. The number of nitrogens with two attached hydrogens (primary N) is 2. The number of benzene rings is 1. The van der Waals surface area contributed by atoms with Gasteiger partial charge in [-0.1, -0.05) is 26.0 Å². The maximum atomic E-state index is 10.8. The number of primary amides is 1. The topological polar surface area (TPSA) is 78.3 Å². The number of hydrogen-bond donors (Lipinski definition) is 2. The average molecular weight is 250 g/mol. The summed E-state index contributed by atoms with van der Waals surface area (Å²) in [6, 6.07) is 5.50. The van der Waals surface area contributed by atoms with Gasteiger partial charge in [-0.2, -0.15) is 0 Å². The van der Waals surface area contributed by atoms with Crippen molar-refractivity contribution in [3.63, 3.8) is 0 Å². The minimum absolute atomic E-state index is 0.394. The minimum atomic E-state index is -0.641. The molecule has 0 aromatic heterocycles. The van der Waals surface area contributed by atoms with Crippen LogP contribution in [0, 0.1) is 6.92 Å². The van der Waals surface area contributed by atoms with E-state index in [0.717, 1.165) is 16.9 Å². The van der Waals surface area contributed by atoms with E-state index in [1.807, 2.05) is 13.0 Å². The van der Waals surface area contributed by atoms with Crippen LogP contribution in [0.3, 0.4) is 0 Å². The highest BCUT2D eigenvalue weighted by Crippen LogP contribution is 2.27. The van der Waals surface area contributed by atoms with Crippen molar-refractivity contribution in [3.05, 3.63) is 29.3 Å². The van der Waals surface area contributed by atoms with Crippen LogP contribution in [0.2, 0.25) is 0 Å². The van der Waals surface area contributed by atoms with Gasteiger partial charge < -0.3 is 16.2 Å². The molecule has 1 rings (SSSR count). The molecule has 4 heteroatoms. The van der Waals surface area contributed by atoms with Crippen LogP contribution < -0.4 is 16.2 Å². The molecule has 18 heavy (non-hydrogen) atoms. The molecular weight excluding hydrogens is 228 g/mol. The fourth-order valence-electron chi connectivity index (χ4n) is 1.68. The van der Waals surface area contributed by atoms with Gasteiger partial charge in [-0.05, 0) is 30.0 Å². The Bertz CT molecular complexity index is 416. The van der Waals surface area contributed by atoms with Crippen molar-refractivity contribution >= 4 is 5.91 Å². The third-order valence-corrected chi connectivity index (χ3v) is 2.84. The van der Waals surface area contributed by atoms with Crippen LogP contribution in [-0.4, -0.2) is 18.6 Å². The summed E-state index contributed by atoms with van der Waals surface area (Å²) >= 11 is 0. The molecule has 0 saturated carbocycles. The number of aryl methyl sites for hydroxylation is 1.